The number of hydrogen-bond donors (Lipinski definition) is 1. The van der Waals surface area contributed by atoms with Crippen LogP contribution in [-0.2, 0) is 23.8 Å². The van der Waals surface area contributed by atoms with E-state index < -0.39 is 0 Å². The molecule has 0 saturated carbocycles. The van der Waals surface area contributed by atoms with Gasteiger partial charge in [0, 0.05) is 19.5 Å². The predicted molar refractivity (Wildman–Crippen MR) is 224 cm³/mol. The van der Waals surface area contributed by atoms with E-state index in [0.29, 0.717) is 39.3 Å². The molecule has 0 spiro atoms. The first-order valence-electron chi connectivity index (χ1n) is 23.0. The first-order valence-corrected chi connectivity index (χ1v) is 23.0. The molecular weight excluding hydrogens is 665 g/mol. The van der Waals surface area contributed by atoms with E-state index in [1.165, 1.54) is 122 Å². The third kappa shape index (κ3) is 40.3. The van der Waals surface area contributed by atoms with Crippen LogP contribution in [0.2, 0.25) is 0 Å². The normalized spacial score (nSPS) is 11.6. The minimum Gasteiger partial charge on any atom is -0.466 e. The van der Waals surface area contributed by atoms with Crippen LogP contribution in [0.15, 0.2) is 0 Å². The molecule has 1 N–H and O–H groups in total. The number of hydrogen-bond acceptors (Lipinski definition) is 8. The Labute approximate surface area is 329 Å². The number of rotatable bonds is 44. The fourth-order valence-corrected chi connectivity index (χ4v) is 6.84. The number of aliphatic hydroxyl groups is 1. The Balaban J connectivity index is 4.18. The van der Waals surface area contributed by atoms with Crippen molar-refractivity contribution in [3.8, 4) is 0 Å². The van der Waals surface area contributed by atoms with Gasteiger partial charge in [-0.25, -0.2) is 0 Å². The van der Waals surface area contributed by atoms with Gasteiger partial charge in [0.15, 0.2) is 0 Å². The Morgan fingerprint density at radius 1 is 0.377 bits per heavy atom. The van der Waals surface area contributed by atoms with Crippen LogP contribution in [0.4, 0.5) is 0 Å². The SMILES string of the molecule is CCCCCCCCCCCOC(=O)CCCCCN(CCCCCOC(=O)CCN(CCCCCCCC)CCCCCCCC)CCOCCO. The molecule has 0 heterocycles. The fraction of sp³-hybridized carbons (Fsp3) is 0.956. The highest BCUT2D eigenvalue weighted by Gasteiger charge is 2.11. The van der Waals surface area contributed by atoms with Gasteiger partial charge in [0.05, 0.1) is 39.5 Å². The van der Waals surface area contributed by atoms with Crippen molar-refractivity contribution in [1.29, 1.82) is 0 Å². The Hall–Kier alpha value is -1.22. The van der Waals surface area contributed by atoms with Gasteiger partial charge >= 0.3 is 11.9 Å². The zero-order chi connectivity index (χ0) is 38.7. The molecule has 0 aromatic carbocycles. The summed E-state index contributed by atoms with van der Waals surface area (Å²) in [5.41, 5.74) is 0. The van der Waals surface area contributed by atoms with Gasteiger partial charge in [-0.2, -0.15) is 0 Å². The molecule has 53 heavy (non-hydrogen) atoms. The standard InChI is InChI=1S/C45H90N2O6/c1-4-7-10-13-16-17-18-21-29-40-52-44(49)31-24-22-27-35-47(38-42-51-43-39-48)36-28-23-30-41-53-45(50)32-37-46(33-25-19-14-11-8-5-2)34-26-20-15-12-9-6-3/h48H,4-43H2,1-3H3. The van der Waals surface area contributed by atoms with Crippen LogP contribution in [-0.4, -0.2) is 99.1 Å². The van der Waals surface area contributed by atoms with Gasteiger partial charge in [-0.3, -0.25) is 9.59 Å². The molecule has 8 nitrogen and oxygen atoms in total. The molecule has 0 bridgehead atoms. The Kier molecular flexibility index (Phi) is 42.5. The van der Waals surface area contributed by atoms with E-state index in [4.69, 9.17) is 19.3 Å². The van der Waals surface area contributed by atoms with Crippen LogP contribution in [0, 0.1) is 0 Å². The number of nitrogens with zero attached hydrogens (tertiary/aromatic N) is 2. The van der Waals surface area contributed by atoms with Crippen molar-refractivity contribution in [3.63, 3.8) is 0 Å². The third-order valence-electron chi connectivity index (χ3n) is 10.3. The Bertz CT molecular complexity index is 738. The topological polar surface area (TPSA) is 88.5 Å². The lowest BCUT2D eigenvalue weighted by molar-refractivity contribution is -0.145. The molecule has 316 valence electrons. The monoisotopic (exact) mass is 755 g/mol. The van der Waals surface area contributed by atoms with Gasteiger partial charge in [-0.05, 0) is 77.5 Å². The maximum Gasteiger partial charge on any atom is 0.307 e. The van der Waals surface area contributed by atoms with Crippen LogP contribution >= 0.6 is 0 Å². The van der Waals surface area contributed by atoms with E-state index in [1.807, 2.05) is 0 Å². The van der Waals surface area contributed by atoms with Gasteiger partial charge in [0.2, 0.25) is 0 Å². The van der Waals surface area contributed by atoms with Crippen LogP contribution in [0.25, 0.3) is 0 Å². The number of aliphatic hydroxyl groups excluding tert-OH is 1. The number of esters is 2. The van der Waals surface area contributed by atoms with Gasteiger partial charge in [-0.1, -0.05) is 143 Å². The molecule has 0 unspecified atom stereocenters. The summed E-state index contributed by atoms with van der Waals surface area (Å²) in [6, 6.07) is 0. The van der Waals surface area contributed by atoms with Gasteiger partial charge in [0.25, 0.3) is 0 Å². The molecule has 0 radical (unpaired) electrons. The van der Waals surface area contributed by atoms with E-state index in [2.05, 4.69) is 30.6 Å². The van der Waals surface area contributed by atoms with Gasteiger partial charge in [-0.15, -0.1) is 0 Å². The Morgan fingerprint density at radius 3 is 1.19 bits per heavy atom. The van der Waals surface area contributed by atoms with E-state index in [9.17, 15) is 9.59 Å². The summed E-state index contributed by atoms with van der Waals surface area (Å²) in [6.07, 6.45) is 33.9. The lowest BCUT2D eigenvalue weighted by Crippen LogP contribution is -2.30. The first kappa shape index (κ1) is 51.8. The van der Waals surface area contributed by atoms with Crippen LogP contribution in [0.5, 0.6) is 0 Å². The lowest BCUT2D eigenvalue weighted by Gasteiger charge is -2.22. The largest absolute Gasteiger partial charge is 0.466 e. The molecule has 0 aromatic heterocycles. The van der Waals surface area contributed by atoms with Gasteiger partial charge < -0.3 is 29.1 Å². The maximum absolute atomic E-state index is 12.6. The quantitative estimate of drug-likeness (QED) is 0.0486. The van der Waals surface area contributed by atoms with E-state index >= 15 is 0 Å². The molecule has 0 rings (SSSR count). The van der Waals surface area contributed by atoms with Crippen LogP contribution in [0.1, 0.15) is 207 Å². The van der Waals surface area contributed by atoms with Crippen LogP contribution in [0.3, 0.4) is 0 Å². The van der Waals surface area contributed by atoms with E-state index in [1.54, 1.807) is 0 Å². The molecule has 0 aliphatic rings. The fourth-order valence-electron chi connectivity index (χ4n) is 6.84. The number of carbonyl (C=O) groups excluding carboxylic acids is 2. The maximum atomic E-state index is 12.6. The number of ether oxygens (including phenoxy) is 3. The third-order valence-corrected chi connectivity index (χ3v) is 10.3. The number of carbonyl (C=O) groups is 2. The summed E-state index contributed by atoms with van der Waals surface area (Å²) in [7, 11) is 0. The second kappa shape index (κ2) is 43.5. The molecule has 0 amide bonds. The highest BCUT2D eigenvalue weighted by molar-refractivity contribution is 5.69. The van der Waals surface area contributed by atoms with E-state index in [0.717, 1.165) is 90.6 Å². The first-order chi connectivity index (χ1) is 26.1. The molecule has 0 atom stereocenters. The summed E-state index contributed by atoms with van der Waals surface area (Å²) in [5, 5.41) is 9.06. The second-order valence-electron chi connectivity index (χ2n) is 15.4. The second-order valence-corrected chi connectivity index (χ2v) is 15.4. The van der Waals surface area contributed by atoms with Crippen molar-refractivity contribution < 1.29 is 28.9 Å². The summed E-state index contributed by atoms with van der Waals surface area (Å²) in [5.74, 6) is -0.117. The average Bonchev–Trinajstić information content (AvgIpc) is 3.16. The summed E-state index contributed by atoms with van der Waals surface area (Å²) < 4.78 is 16.6. The van der Waals surface area contributed by atoms with Crippen molar-refractivity contribution in [2.45, 2.75) is 207 Å². The van der Waals surface area contributed by atoms with Crippen molar-refractivity contribution in [2.75, 3.05) is 72.3 Å². The van der Waals surface area contributed by atoms with Crippen molar-refractivity contribution >= 4 is 11.9 Å². The van der Waals surface area contributed by atoms with E-state index in [-0.39, 0.29) is 18.5 Å². The molecule has 0 aliphatic carbocycles. The minimum atomic E-state index is -0.0593. The summed E-state index contributed by atoms with van der Waals surface area (Å²) in [6.45, 7) is 14.7. The van der Waals surface area contributed by atoms with Crippen molar-refractivity contribution in [1.82, 2.24) is 9.80 Å². The highest BCUT2D eigenvalue weighted by Crippen LogP contribution is 2.12. The predicted octanol–water partition coefficient (Wildman–Crippen LogP) is 11.1. The van der Waals surface area contributed by atoms with Crippen molar-refractivity contribution in [3.05, 3.63) is 0 Å². The average molecular weight is 755 g/mol. The minimum absolute atomic E-state index is 0.0459. The molecular formula is C45H90N2O6. The highest BCUT2D eigenvalue weighted by atomic mass is 16.5. The van der Waals surface area contributed by atoms with Crippen LogP contribution < -0.4 is 0 Å². The van der Waals surface area contributed by atoms with Crippen molar-refractivity contribution in [2.24, 2.45) is 0 Å². The molecule has 0 aliphatic heterocycles. The zero-order valence-corrected chi connectivity index (χ0v) is 35.7. The lowest BCUT2D eigenvalue weighted by atomic mass is 10.1. The number of unbranched alkanes of at least 4 members (excludes halogenated alkanes) is 22. The molecule has 0 fully saturated rings. The Morgan fingerprint density at radius 2 is 0.736 bits per heavy atom. The molecule has 0 saturated heterocycles. The zero-order valence-electron chi connectivity index (χ0n) is 35.7. The smallest absolute Gasteiger partial charge is 0.307 e. The molecule has 0 aromatic rings. The summed E-state index contributed by atoms with van der Waals surface area (Å²) in [4.78, 5) is 29.7. The van der Waals surface area contributed by atoms with Gasteiger partial charge in [0.1, 0.15) is 0 Å². The molecule has 8 heteroatoms. The summed E-state index contributed by atoms with van der Waals surface area (Å²) >= 11 is 0.